The number of methoxy groups -OCH3 is 1. The largest absolute Gasteiger partial charge is 0.481 e. The van der Waals surface area contributed by atoms with E-state index in [-0.39, 0.29) is 6.42 Å². The number of hydrogen-bond acceptors (Lipinski definition) is 4. The third-order valence-electron chi connectivity index (χ3n) is 3.93. The van der Waals surface area contributed by atoms with Gasteiger partial charge in [0.2, 0.25) is 0 Å². The first kappa shape index (κ1) is 18.7. The van der Waals surface area contributed by atoms with Crippen molar-refractivity contribution in [2.45, 2.75) is 19.5 Å². The Bertz CT molecular complexity index is 631. The van der Waals surface area contributed by atoms with Crippen LogP contribution in [-0.4, -0.2) is 35.6 Å². The zero-order chi connectivity index (χ0) is 18.1. The molecule has 0 radical (unpaired) electrons. The first-order valence-electron chi connectivity index (χ1n) is 8.18. The molecule has 1 N–H and O–H groups in total. The number of nitrogens with zero attached hydrogens (tertiary/aromatic N) is 1. The molecule has 0 aliphatic carbocycles. The van der Waals surface area contributed by atoms with Gasteiger partial charge in [0.1, 0.15) is 0 Å². The number of carbonyl (C=O) groups is 2. The van der Waals surface area contributed by atoms with Crippen molar-refractivity contribution in [1.29, 1.82) is 0 Å². The van der Waals surface area contributed by atoms with Crippen LogP contribution in [0.25, 0.3) is 0 Å². The van der Waals surface area contributed by atoms with Gasteiger partial charge in [0.15, 0.2) is 0 Å². The lowest BCUT2D eigenvalue weighted by Gasteiger charge is -2.26. The number of carbonyl (C=O) groups excluding carboxylic acids is 1. The summed E-state index contributed by atoms with van der Waals surface area (Å²) in [6.07, 6.45) is -0.243. The van der Waals surface area contributed by atoms with E-state index in [1.807, 2.05) is 60.7 Å². The SMILES string of the molecule is COC(=O)C(CC(=O)O)CN(Cc1ccccc1)Cc1ccccc1. The van der Waals surface area contributed by atoms with Crippen molar-refractivity contribution < 1.29 is 19.4 Å². The quantitative estimate of drug-likeness (QED) is 0.710. The van der Waals surface area contributed by atoms with Crippen LogP contribution in [0.4, 0.5) is 0 Å². The second-order valence-corrected chi connectivity index (χ2v) is 5.96. The molecule has 0 saturated heterocycles. The highest BCUT2D eigenvalue weighted by Gasteiger charge is 2.25. The number of aliphatic carboxylic acids is 1. The van der Waals surface area contributed by atoms with Crippen molar-refractivity contribution in [3.8, 4) is 0 Å². The maximum atomic E-state index is 12.0. The molecule has 0 bridgehead atoms. The fourth-order valence-electron chi connectivity index (χ4n) is 2.78. The van der Waals surface area contributed by atoms with E-state index in [2.05, 4.69) is 4.90 Å². The van der Waals surface area contributed by atoms with Crippen LogP contribution >= 0.6 is 0 Å². The Hall–Kier alpha value is -2.66. The fraction of sp³-hybridized carbons (Fsp3) is 0.300. The van der Waals surface area contributed by atoms with Gasteiger partial charge in [0.25, 0.3) is 0 Å². The highest BCUT2D eigenvalue weighted by atomic mass is 16.5. The van der Waals surface area contributed by atoms with E-state index in [0.29, 0.717) is 19.6 Å². The molecule has 0 aliphatic heterocycles. The Balaban J connectivity index is 2.16. The van der Waals surface area contributed by atoms with E-state index >= 15 is 0 Å². The average molecular weight is 341 g/mol. The minimum absolute atomic E-state index is 0.243. The zero-order valence-corrected chi connectivity index (χ0v) is 14.3. The molecule has 132 valence electrons. The van der Waals surface area contributed by atoms with Gasteiger partial charge in [-0.15, -0.1) is 0 Å². The Morgan fingerprint density at radius 2 is 1.44 bits per heavy atom. The standard InChI is InChI=1S/C20H23NO4/c1-25-20(24)18(12-19(22)23)15-21(13-16-8-4-2-5-9-16)14-17-10-6-3-7-11-17/h2-11,18H,12-15H2,1H3,(H,22,23). The number of rotatable bonds is 9. The molecule has 0 fully saturated rings. The molecule has 0 aliphatic rings. The molecule has 0 amide bonds. The monoisotopic (exact) mass is 341 g/mol. The molecule has 0 saturated carbocycles. The predicted octanol–water partition coefficient (Wildman–Crippen LogP) is 2.95. The van der Waals surface area contributed by atoms with Crippen molar-refractivity contribution >= 4 is 11.9 Å². The molecule has 2 aromatic carbocycles. The van der Waals surface area contributed by atoms with Crippen LogP contribution in [0.1, 0.15) is 17.5 Å². The second kappa shape index (κ2) is 9.59. The summed E-state index contributed by atoms with van der Waals surface area (Å²) >= 11 is 0. The van der Waals surface area contributed by atoms with Gasteiger partial charge in [-0.1, -0.05) is 60.7 Å². The van der Waals surface area contributed by atoms with Crippen LogP contribution in [0.3, 0.4) is 0 Å². The molecule has 2 rings (SSSR count). The van der Waals surface area contributed by atoms with E-state index in [4.69, 9.17) is 9.84 Å². The van der Waals surface area contributed by atoms with Gasteiger partial charge in [0.05, 0.1) is 19.4 Å². The number of hydrogen-bond donors (Lipinski definition) is 1. The fourth-order valence-corrected chi connectivity index (χ4v) is 2.78. The van der Waals surface area contributed by atoms with Crippen molar-refractivity contribution in [3.63, 3.8) is 0 Å². The number of carboxylic acids is 1. The van der Waals surface area contributed by atoms with Crippen molar-refractivity contribution in [3.05, 3.63) is 71.8 Å². The molecule has 25 heavy (non-hydrogen) atoms. The normalized spacial score (nSPS) is 11.9. The van der Waals surface area contributed by atoms with E-state index in [1.54, 1.807) is 0 Å². The number of benzene rings is 2. The molecule has 5 nitrogen and oxygen atoms in total. The topological polar surface area (TPSA) is 66.8 Å². The average Bonchev–Trinajstić information content (AvgIpc) is 2.61. The molecule has 2 aromatic rings. The van der Waals surface area contributed by atoms with Crippen molar-refractivity contribution in [1.82, 2.24) is 4.90 Å². The summed E-state index contributed by atoms with van der Waals surface area (Å²) in [4.78, 5) is 25.2. The number of esters is 1. The molecule has 0 heterocycles. The van der Waals surface area contributed by atoms with E-state index < -0.39 is 17.9 Å². The highest BCUT2D eigenvalue weighted by Crippen LogP contribution is 2.15. The van der Waals surface area contributed by atoms with Crippen molar-refractivity contribution in [2.24, 2.45) is 5.92 Å². The van der Waals surface area contributed by atoms with Gasteiger partial charge in [0, 0.05) is 19.6 Å². The highest BCUT2D eigenvalue weighted by molar-refractivity contribution is 5.79. The Morgan fingerprint density at radius 1 is 0.960 bits per heavy atom. The maximum Gasteiger partial charge on any atom is 0.310 e. The van der Waals surface area contributed by atoms with E-state index in [1.165, 1.54) is 7.11 Å². The summed E-state index contributed by atoms with van der Waals surface area (Å²) in [5.74, 6) is -2.20. The lowest BCUT2D eigenvalue weighted by molar-refractivity contribution is -0.151. The summed E-state index contributed by atoms with van der Waals surface area (Å²) in [5.41, 5.74) is 2.22. The van der Waals surface area contributed by atoms with E-state index in [9.17, 15) is 9.59 Å². The molecule has 1 unspecified atom stereocenters. The molecule has 0 spiro atoms. The lowest BCUT2D eigenvalue weighted by Crippen LogP contribution is -2.34. The zero-order valence-electron chi connectivity index (χ0n) is 14.3. The van der Waals surface area contributed by atoms with Gasteiger partial charge in [-0.25, -0.2) is 0 Å². The third-order valence-corrected chi connectivity index (χ3v) is 3.93. The van der Waals surface area contributed by atoms with Crippen LogP contribution in [-0.2, 0) is 27.4 Å². The molecule has 5 heteroatoms. The van der Waals surface area contributed by atoms with Gasteiger partial charge < -0.3 is 9.84 Å². The first-order chi connectivity index (χ1) is 12.1. The second-order valence-electron chi connectivity index (χ2n) is 5.96. The summed E-state index contributed by atoms with van der Waals surface area (Å²) in [5, 5.41) is 9.09. The number of carboxylic acid groups (broad SMARTS) is 1. The smallest absolute Gasteiger partial charge is 0.310 e. The summed E-state index contributed by atoms with van der Waals surface area (Å²) < 4.78 is 4.79. The Morgan fingerprint density at radius 3 is 1.84 bits per heavy atom. The van der Waals surface area contributed by atoms with Gasteiger partial charge in [-0.05, 0) is 11.1 Å². The summed E-state index contributed by atoms with van der Waals surface area (Å²) in [6.45, 7) is 1.58. The predicted molar refractivity (Wildman–Crippen MR) is 94.8 cm³/mol. The first-order valence-corrected chi connectivity index (χ1v) is 8.18. The van der Waals surface area contributed by atoms with Crippen LogP contribution in [0.15, 0.2) is 60.7 Å². The van der Waals surface area contributed by atoms with Gasteiger partial charge in [-0.2, -0.15) is 0 Å². The van der Waals surface area contributed by atoms with Gasteiger partial charge in [-0.3, -0.25) is 14.5 Å². The maximum absolute atomic E-state index is 12.0. The molecule has 1 atom stereocenters. The Kier molecular flexibility index (Phi) is 7.16. The van der Waals surface area contributed by atoms with Crippen molar-refractivity contribution in [2.75, 3.05) is 13.7 Å². The minimum atomic E-state index is -1.00. The molecular weight excluding hydrogens is 318 g/mol. The minimum Gasteiger partial charge on any atom is -0.481 e. The van der Waals surface area contributed by atoms with E-state index in [0.717, 1.165) is 11.1 Å². The lowest BCUT2D eigenvalue weighted by atomic mass is 10.0. The third kappa shape index (κ3) is 6.39. The Labute approximate surface area is 147 Å². The molecule has 0 aromatic heterocycles. The summed E-state index contributed by atoms with van der Waals surface area (Å²) in [6, 6.07) is 19.8. The van der Waals surface area contributed by atoms with Gasteiger partial charge >= 0.3 is 11.9 Å². The molecular formula is C20H23NO4. The van der Waals surface area contributed by atoms with Crippen LogP contribution in [0.5, 0.6) is 0 Å². The van der Waals surface area contributed by atoms with Crippen LogP contribution < -0.4 is 0 Å². The number of ether oxygens (including phenoxy) is 1. The van der Waals surface area contributed by atoms with Crippen LogP contribution in [0.2, 0.25) is 0 Å². The summed E-state index contributed by atoms with van der Waals surface area (Å²) in [7, 11) is 1.29. The van der Waals surface area contributed by atoms with Crippen LogP contribution in [0, 0.1) is 5.92 Å².